The molecule has 2 fully saturated rings. The van der Waals surface area contributed by atoms with Crippen LogP contribution in [0.15, 0.2) is 18.2 Å². The van der Waals surface area contributed by atoms with Crippen LogP contribution >= 0.6 is 0 Å². The summed E-state index contributed by atoms with van der Waals surface area (Å²) in [5.74, 6) is 0.223. The van der Waals surface area contributed by atoms with E-state index in [1.54, 1.807) is 6.07 Å². The Morgan fingerprint density at radius 2 is 1.57 bits per heavy atom. The Labute approximate surface area is 139 Å². The zero-order valence-corrected chi connectivity index (χ0v) is 14.8. The Kier molecular flexibility index (Phi) is 4.11. The number of hydrogen-bond donors (Lipinski definition) is 1. The Morgan fingerprint density at radius 3 is 2.13 bits per heavy atom. The van der Waals surface area contributed by atoms with Crippen LogP contribution < -0.4 is 10.4 Å². The highest BCUT2D eigenvalue weighted by Gasteiger charge is 2.52. The van der Waals surface area contributed by atoms with Crippen molar-refractivity contribution in [3.05, 3.63) is 18.2 Å². The summed E-state index contributed by atoms with van der Waals surface area (Å²) in [7, 11) is 1.61. The standard InChI is InChI=1S/C17H27BN2O3/c1-16(2)17(3,4)23-18(22-16)14-12-13(6-7-15(14)21)20-10-8-19(5)9-11-20/h6-7,12,21H,8-11H2,1-5H3. The molecule has 3 rings (SSSR count). The van der Waals surface area contributed by atoms with Gasteiger partial charge in [-0.3, -0.25) is 0 Å². The van der Waals surface area contributed by atoms with Gasteiger partial charge in [0.2, 0.25) is 0 Å². The van der Waals surface area contributed by atoms with E-state index in [4.69, 9.17) is 9.31 Å². The molecule has 2 aliphatic heterocycles. The summed E-state index contributed by atoms with van der Waals surface area (Å²) < 4.78 is 12.2. The van der Waals surface area contributed by atoms with Crippen LogP contribution in [0.1, 0.15) is 27.7 Å². The van der Waals surface area contributed by atoms with Gasteiger partial charge in [0.15, 0.2) is 0 Å². The van der Waals surface area contributed by atoms with Crippen LogP contribution in [0.25, 0.3) is 0 Å². The van der Waals surface area contributed by atoms with Crippen molar-refractivity contribution in [3.63, 3.8) is 0 Å². The average Bonchev–Trinajstić information content (AvgIpc) is 2.69. The van der Waals surface area contributed by atoms with Crippen LogP contribution in [0.2, 0.25) is 0 Å². The van der Waals surface area contributed by atoms with Crippen molar-refractivity contribution in [2.45, 2.75) is 38.9 Å². The second kappa shape index (κ2) is 5.69. The summed E-state index contributed by atoms with van der Waals surface area (Å²) in [4.78, 5) is 4.67. The average molecular weight is 318 g/mol. The second-order valence-corrected chi connectivity index (χ2v) is 7.62. The van der Waals surface area contributed by atoms with Gasteiger partial charge in [0.05, 0.1) is 11.2 Å². The molecule has 23 heavy (non-hydrogen) atoms. The zero-order valence-electron chi connectivity index (χ0n) is 14.8. The van der Waals surface area contributed by atoms with Crippen molar-refractivity contribution in [3.8, 4) is 5.75 Å². The number of piperazine rings is 1. The monoisotopic (exact) mass is 318 g/mol. The molecular formula is C17H27BN2O3. The predicted octanol–water partition coefficient (Wildman–Crippen LogP) is 1.44. The molecule has 126 valence electrons. The summed E-state index contributed by atoms with van der Waals surface area (Å²) in [6.45, 7) is 12.2. The number of rotatable bonds is 2. The number of hydrogen-bond acceptors (Lipinski definition) is 5. The fourth-order valence-corrected chi connectivity index (χ4v) is 2.96. The van der Waals surface area contributed by atoms with E-state index in [1.807, 2.05) is 39.8 Å². The maximum absolute atomic E-state index is 10.3. The molecule has 0 bridgehead atoms. The Balaban J connectivity index is 1.85. The zero-order chi connectivity index (χ0) is 16.8. The maximum atomic E-state index is 10.3. The molecule has 2 aliphatic rings. The molecule has 0 amide bonds. The molecule has 0 atom stereocenters. The molecule has 0 saturated carbocycles. The van der Waals surface area contributed by atoms with Crippen LogP contribution in [-0.4, -0.2) is 61.6 Å². The number of likely N-dealkylation sites (N-methyl/N-ethyl adjacent to an activating group) is 1. The van der Waals surface area contributed by atoms with Gasteiger partial charge in [0.1, 0.15) is 5.75 Å². The Hall–Kier alpha value is -1.24. The summed E-state index contributed by atoms with van der Waals surface area (Å²) in [6.07, 6.45) is 0. The first-order valence-corrected chi connectivity index (χ1v) is 8.32. The van der Waals surface area contributed by atoms with E-state index in [2.05, 4.69) is 16.8 Å². The van der Waals surface area contributed by atoms with Crippen LogP contribution in [0.4, 0.5) is 5.69 Å². The highest BCUT2D eigenvalue weighted by molar-refractivity contribution is 6.63. The van der Waals surface area contributed by atoms with Crippen LogP contribution in [-0.2, 0) is 9.31 Å². The third-order valence-corrected chi connectivity index (χ3v) is 5.39. The molecule has 6 heteroatoms. The molecule has 1 aromatic rings. The predicted molar refractivity (Wildman–Crippen MR) is 93.5 cm³/mol. The lowest BCUT2D eigenvalue weighted by molar-refractivity contribution is 0.00578. The lowest BCUT2D eigenvalue weighted by atomic mass is 9.78. The number of anilines is 1. The minimum Gasteiger partial charge on any atom is -0.508 e. The highest BCUT2D eigenvalue weighted by atomic mass is 16.7. The van der Waals surface area contributed by atoms with Gasteiger partial charge in [0, 0.05) is 37.3 Å². The van der Waals surface area contributed by atoms with E-state index >= 15 is 0 Å². The van der Waals surface area contributed by atoms with E-state index in [0.29, 0.717) is 5.46 Å². The molecule has 0 radical (unpaired) electrons. The highest BCUT2D eigenvalue weighted by Crippen LogP contribution is 2.37. The molecule has 1 aromatic carbocycles. The molecular weight excluding hydrogens is 291 g/mol. The summed E-state index contributed by atoms with van der Waals surface area (Å²) in [6, 6.07) is 5.71. The van der Waals surface area contributed by atoms with Gasteiger partial charge < -0.3 is 24.2 Å². The van der Waals surface area contributed by atoms with Gasteiger partial charge in [0.25, 0.3) is 0 Å². The van der Waals surface area contributed by atoms with E-state index in [1.165, 1.54) is 0 Å². The van der Waals surface area contributed by atoms with Crippen molar-refractivity contribution in [2.24, 2.45) is 0 Å². The van der Waals surface area contributed by atoms with Gasteiger partial charge in [-0.2, -0.15) is 0 Å². The first-order chi connectivity index (χ1) is 10.7. The van der Waals surface area contributed by atoms with Crippen molar-refractivity contribution >= 4 is 18.3 Å². The molecule has 2 saturated heterocycles. The summed E-state index contributed by atoms with van der Waals surface area (Å²) in [5.41, 5.74) is 1.00. The lowest BCUT2D eigenvalue weighted by Gasteiger charge is -2.34. The van der Waals surface area contributed by atoms with Crippen molar-refractivity contribution in [2.75, 3.05) is 38.1 Å². The number of phenolic OH excluding ortho intramolecular Hbond substituents is 1. The molecule has 2 heterocycles. The molecule has 0 unspecified atom stereocenters. The smallest absolute Gasteiger partial charge is 0.498 e. The van der Waals surface area contributed by atoms with E-state index < -0.39 is 18.3 Å². The third kappa shape index (κ3) is 3.07. The Bertz CT molecular complexity index is 567. The van der Waals surface area contributed by atoms with Crippen molar-refractivity contribution < 1.29 is 14.4 Å². The van der Waals surface area contributed by atoms with Gasteiger partial charge >= 0.3 is 7.12 Å². The van der Waals surface area contributed by atoms with Crippen LogP contribution in [0, 0.1) is 0 Å². The normalized spacial score (nSPS) is 24.2. The molecule has 0 spiro atoms. The lowest BCUT2D eigenvalue weighted by Crippen LogP contribution is -2.45. The van der Waals surface area contributed by atoms with Gasteiger partial charge in [-0.05, 0) is 52.9 Å². The van der Waals surface area contributed by atoms with Crippen molar-refractivity contribution in [1.29, 1.82) is 0 Å². The minimum absolute atomic E-state index is 0.223. The van der Waals surface area contributed by atoms with Crippen molar-refractivity contribution in [1.82, 2.24) is 4.90 Å². The van der Waals surface area contributed by atoms with Crippen LogP contribution in [0.3, 0.4) is 0 Å². The van der Waals surface area contributed by atoms with Crippen LogP contribution in [0.5, 0.6) is 5.75 Å². The van der Waals surface area contributed by atoms with Gasteiger partial charge in [-0.25, -0.2) is 0 Å². The topological polar surface area (TPSA) is 45.2 Å². The summed E-state index contributed by atoms with van der Waals surface area (Å²) >= 11 is 0. The first kappa shape index (κ1) is 16.6. The SMILES string of the molecule is CN1CCN(c2ccc(O)c(B3OC(C)(C)C(C)(C)O3)c2)CC1. The molecule has 1 N–H and O–H groups in total. The molecule has 5 nitrogen and oxygen atoms in total. The van der Waals surface area contributed by atoms with Gasteiger partial charge in [-0.1, -0.05) is 0 Å². The quantitative estimate of drug-likeness (QED) is 0.836. The summed E-state index contributed by atoms with van der Waals surface area (Å²) in [5, 5.41) is 10.3. The minimum atomic E-state index is -0.535. The van der Waals surface area contributed by atoms with E-state index in [0.717, 1.165) is 31.9 Å². The second-order valence-electron chi connectivity index (χ2n) is 7.62. The van der Waals surface area contributed by atoms with E-state index in [-0.39, 0.29) is 5.75 Å². The maximum Gasteiger partial charge on any atom is 0.498 e. The third-order valence-electron chi connectivity index (χ3n) is 5.39. The fourth-order valence-electron chi connectivity index (χ4n) is 2.96. The Morgan fingerprint density at radius 1 is 1.00 bits per heavy atom. The van der Waals surface area contributed by atoms with Gasteiger partial charge in [-0.15, -0.1) is 0 Å². The number of aromatic hydroxyl groups is 1. The largest absolute Gasteiger partial charge is 0.508 e. The number of nitrogens with zero attached hydrogens (tertiary/aromatic N) is 2. The number of phenols is 1. The first-order valence-electron chi connectivity index (χ1n) is 8.32. The fraction of sp³-hybridized carbons (Fsp3) is 0.647. The van der Waals surface area contributed by atoms with E-state index in [9.17, 15) is 5.11 Å². The molecule has 0 aromatic heterocycles. The number of benzene rings is 1. The molecule has 0 aliphatic carbocycles.